The Kier molecular flexibility index (Phi) is 4.32. The van der Waals surface area contributed by atoms with Crippen LogP contribution in [0.15, 0.2) is 39.7 Å². The molecule has 1 aliphatic heterocycles. The molecule has 0 saturated carbocycles. The van der Waals surface area contributed by atoms with Crippen LogP contribution in [0.2, 0.25) is 0 Å². The predicted octanol–water partition coefficient (Wildman–Crippen LogP) is 3.53. The fourth-order valence-corrected chi connectivity index (χ4v) is 3.05. The van der Waals surface area contributed by atoms with Crippen molar-refractivity contribution in [2.45, 2.75) is 0 Å². The number of carbonyl (C=O) groups is 2. The molecule has 1 aromatic heterocycles. The number of nitrogens with zero attached hydrogens (tertiary/aromatic N) is 2. The molecule has 128 valence electrons. The van der Waals surface area contributed by atoms with Gasteiger partial charge >= 0.3 is 0 Å². The van der Waals surface area contributed by atoms with Crippen molar-refractivity contribution < 1.29 is 23.7 Å². The van der Waals surface area contributed by atoms with Gasteiger partial charge in [0.15, 0.2) is 0 Å². The van der Waals surface area contributed by atoms with Crippen molar-refractivity contribution in [3.05, 3.63) is 51.1 Å². The molecule has 1 saturated heterocycles. The Balaban J connectivity index is 1.93. The molecular weight excluding hydrogens is 348 g/mol. The lowest BCUT2D eigenvalue weighted by molar-refractivity contribution is -0.384. The number of thioether (sulfide) groups is 1. The van der Waals surface area contributed by atoms with E-state index >= 15 is 0 Å². The molecule has 9 heteroatoms. The summed E-state index contributed by atoms with van der Waals surface area (Å²) in [6.07, 6.45) is 1.48. The first-order valence-corrected chi connectivity index (χ1v) is 7.86. The molecule has 3 rings (SSSR count). The van der Waals surface area contributed by atoms with Crippen LogP contribution in [0.4, 0.5) is 10.5 Å². The Labute approximate surface area is 146 Å². The van der Waals surface area contributed by atoms with Gasteiger partial charge in [-0.1, -0.05) is 0 Å². The van der Waals surface area contributed by atoms with Crippen molar-refractivity contribution in [3.63, 3.8) is 0 Å². The van der Waals surface area contributed by atoms with Crippen LogP contribution in [-0.4, -0.2) is 35.1 Å². The molecule has 0 spiro atoms. The summed E-state index contributed by atoms with van der Waals surface area (Å²) in [4.78, 5) is 35.0. The number of ether oxygens (including phenoxy) is 1. The largest absolute Gasteiger partial charge is 0.496 e. The van der Waals surface area contributed by atoms with Gasteiger partial charge in [-0.3, -0.25) is 24.6 Å². The number of hydrogen-bond donors (Lipinski definition) is 0. The molecule has 0 N–H and O–H groups in total. The fourth-order valence-electron chi connectivity index (χ4n) is 2.25. The number of non-ortho nitro benzene ring substituents is 1. The summed E-state index contributed by atoms with van der Waals surface area (Å²) in [6, 6.07) is 7.48. The topological polar surface area (TPSA) is 103 Å². The quantitative estimate of drug-likeness (QED) is 0.467. The standard InChI is InChI=1S/C16H12N2O6S/c1-17-15(19)14(25-16(17)20)8-10-4-6-12(24-10)11-5-3-9(18(21)22)7-13(11)23-2/h3-8H,1-2H3/b14-8-. The zero-order valence-corrected chi connectivity index (χ0v) is 14.0. The molecule has 0 aliphatic carbocycles. The molecular formula is C16H12N2O6S. The summed E-state index contributed by atoms with van der Waals surface area (Å²) in [5.41, 5.74) is 0.445. The number of furan rings is 1. The predicted molar refractivity (Wildman–Crippen MR) is 91.1 cm³/mol. The van der Waals surface area contributed by atoms with E-state index in [2.05, 4.69) is 0 Å². The maximum Gasteiger partial charge on any atom is 0.293 e. The summed E-state index contributed by atoms with van der Waals surface area (Å²) >= 11 is 0.833. The zero-order valence-electron chi connectivity index (χ0n) is 13.2. The van der Waals surface area contributed by atoms with Crippen LogP contribution >= 0.6 is 11.8 Å². The van der Waals surface area contributed by atoms with E-state index in [1.54, 1.807) is 12.1 Å². The van der Waals surface area contributed by atoms with E-state index in [9.17, 15) is 19.7 Å². The van der Waals surface area contributed by atoms with Gasteiger partial charge in [-0.05, 0) is 30.0 Å². The summed E-state index contributed by atoms with van der Waals surface area (Å²) in [5.74, 6) is 0.716. The molecule has 2 aromatic rings. The lowest BCUT2D eigenvalue weighted by Gasteiger charge is -2.05. The van der Waals surface area contributed by atoms with Crippen molar-refractivity contribution in [1.82, 2.24) is 4.90 Å². The van der Waals surface area contributed by atoms with E-state index in [-0.39, 0.29) is 21.7 Å². The number of methoxy groups -OCH3 is 1. The van der Waals surface area contributed by atoms with Gasteiger partial charge in [0, 0.05) is 19.2 Å². The third-order valence-corrected chi connectivity index (χ3v) is 4.51. The number of carbonyl (C=O) groups excluding carboxylic acids is 2. The maximum atomic E-state index is 11.9. The minimum Gasteiger partial charge on any atom is -0.496 e. The number of amides is 2. The van der Waals surface area contributed by atoms with Crippen LogP contribution in [0.3, 0.4) is 0 Å². The Bertz CT molecular complexity index is 917. The molecule has 0 unspecified atom stereocenters. The number of likely N-dealkylation sites (N-methyl/N-ethyl adjacent to an activating group) is 1. The SMILES string of the molecule is COc1cc([N+](=O)[O-])ccc1-c1ccc(/C=C2\SC(=O)N(C)C2=O)o1. The molecule has 0 bridgehead atoms. The second-order valence-corrected chi connectivity index (χ2v) is 6.08. The van der Waals surface area contributed by atoms with Crippen molar-refractivity contribution in [3.8, 4) is 17.1 Å². The molecule has 1 aromatic carbocycles. The second kappa shape index (κ2) is 6.44. The first-order chi connectivity index (χ1) is 11.9. The van der Waals surface area contributed by atoms with E-state index in [1.165, 1.54) is 38.4 Å². The molecule has 2 heterocycles. The smallest absolute Gasteiger partial charge is 0.293 e. The highest BCUT2D eigenvalue weighted by molar-refractivity contribution is 8.18. The van der Waals surface area contributed by atoms with E-state index in [4.69, 9.17) is 9.15 Å². The van der Waals surface area contributed by atoms with Crippen LogP contribution in [0.5, 0.6) is 5.75 Å². The third kappa shape index (κ3) is 3.13. The Hall–Kier alpha value is -3.07. The fraction of sp³-hybridized carbons (Fsp3) is 0.125. The normalized spacial score (nSPS) is 15.9. The summed E-state index contributed by atoms with van der Waals surface area (Å²) < 4.78 is 10.9. The number of nitro benzene ring substituents is 1. The highest BCUT2D eigenvalue weighted by Gasteiger charge is 2.32. The lowest BCUT2D eigenvalue weighted by atomic mass is 10.1. The van der Waals surface area contributed by atoms with Gasteiger partial charge in [-0.15, -0.1) is 0 Å². The van der Waals surface area contributed by atoms with E-state index in [1.807, 2.05) is 0 Å². The van der Waals surface area contributed by atoms with Crippen LogP contribution in [0.1, 0.15) is 5.76 Å². The van der Waals surface area contributed by atoms with Gasteiger partial charge in [-0.2, -0.15) is 0 Å². The van der Waals surface area contributed by atoms with Crippen LogP contribution in [-0.2, 0) is 4.79 Å². The van der Waals surface area contributed by atoms with E-state index in [0.29, 0.717) is 22.8 Å². The van der Waals surface area contributed by atoms with E-state index in [0.717, 1.165) is 16.7 Å². The Morgan fingerprint density at radius 2 is 2.04 bits per heavy atom. The summed E-state index contributed by atoms with van der Waals surface area (Å²) in [6.45, 7) is 0. The number of hydrogen-bond acceptors (Lipinski definition) is 7. The first kappa shape index (κ1) is 16.8. The number of benzene rings is 1. The zero-order chi connectivity index (χ0) is 18.1. The van der Waals surface area contributed by atoms with Crippen LogP contribution in [0.25, 0.3) is 17.4 Å². The monoisotopic (exact) mass is 360 g/mol. The van der Waals surface area contributed by atoms with Gasteiger partial charge in [0.25, 0.3) is 16.8 Å². The number of imide groups is 1. The van der Waals surface area contributed by atoms with Crippen molar-refractivity contribution in [1.29, 1.82) is 0 Å². The number of nitro groups is 1. The van der Waals surface area contributed by atoms with Gasteiger partial charge in [0.1, 0.15) is 17.3 Å². The molecule has 1 fully saturated rings. The maximum absolute atomic E-state index is 11.9. The van der Waals surface area contributed by atoms with Gasteiger partial charge in [-0.25, -0.2) is 0 Å². The average molecular weight is 360 g/mol. The van der Waals surface area contributed by atoms with Gasteiger partial charge < -0.3 is 9.15 Å². The molecule has 25 heavy (non-hydrogen) atoms. The minimum absolute atomic E-state index is 0.0935. The highest BCUT2D eigenvalue weighted by Crippen LogP contribution is 2.36. The minimum atomic E-state index is -0.513. The number of rotatable bonds is 4. The van der Waals surface area contributed by atoms with E-state index < -0.39 is 4.92 Å². The lowest BCUT2D eigenvalue weighted by Crippen LogP contribution is -2.22. The average Bonchev–Trinajstić information content (AvgIpc) is 3.15. The second-order valence-electron chi connectivity index (χ2n) is 5.08. The van der Waals surface area contributed by atoms with Crippen LogP contribution in [0, 0.1) is 10.1 Å². The molecule has 0 atom stereocenters. The molecule has 0 radical (unpaired) electrons. The summed E-state index contributed by atoms with van der Waals surface area (Å²) in [7, 11) is 2.82. The molecule has 2 amide bonds. The first-order valence-electron chi connectivity index (χ1n) is 7.05. The van der Waals surface area contributed by atoms with Gasteiger partial charge in [0.2, 0.25) is 0 Å². The van der Waals surface area contributed by atoms with Crippen molar-refractivity contribution in [2.75, 3.05) is 14.2 Å². The molecule has 8 nitrogen and oxygen atoms in total. The summed E-state index contributed by atoms with van der Waals surface area (Å²) in [5, 5.41) is 10.5. The van der Waals surface area contributed by atoms with Gasteiger partial charge in [0.05, 0.1) is 28.6 Å². The Morgan fingerprint density at radius 3 is 2.64 bits per heavy atom. The molecule has 1 aliphatic rings. The van der Waals surface area contributed by atoms with Crippen LogP contribution < -0.4 is 4.74 Å². The highest BCUT2D eigenvalue weighted by atomic mass is 32.2. The van der Waals surface area contributed by atoms with Crippen molar-refractivity contribution in [2.24, 2.45) is 0 Å². The third-order valence-electron chi connectivity index (χ3n) is 3.55. The van der Waals surface area contributed by atoms with Crippen molar-refractivity contribution >= 4 is 34.7 Å². The Morgan fingerprint density at radius 1 is 1.28 bits per heavy atom.